The van der Waals surface area contributed by atoms with Gasteiger partial charge in [-0.25, -0.2) is 27.7 Å². The highest BCUT2D eigenvalue weighted by Gasteiger charge is 2.50. The first-order chi connectivity index (χ1) is 14.9. The Balaban J connectivity index is 1.35. The minimum Gasteiger partial charge on any atom is -0.353 e. The maximum atomic E-state index is 11.7. The molecule has 2 aliphatic heterocycles. The summed E-state index contributed by atoms with van der Waals surface area (Å²) in [4.78, 5) is 16.1. The van der Waals surface area contributed by atoms with Gasteiger partial charge in [-0.2, -0.15) is 5.26 Å². The lowest BCUT2D eigenvalue weighted by Gasteiger charge is -2.30. The van der Waals surface area contributed by atoms with Crippen molar-refractivity contribution in [1.82, 2.24) is 19.3 Å². The van der Waals surface area contributed by atoms with E-state index in [-0.39, 0.29) is 11.5 Å². The fourth-order valence-electron chi connectivity index (χ4n) is 4.92. The molecule has 0 spiro atoms. The molecule has 0 bridgehead atoms. The molecule has 5 rings (SSSR count). The van der Waals surface area contributed by atoms with Gasteiger partial charge in [-0.05, 0) is 44.1 Å². The van der Waals surface area contributed by atoms with Gasteiger partial charge in [0.05, 0.1) is 17.7 Å². The minimum absolute atomic E-state index is 0.128. The average Bonchev–Trinajstić information content (AvgIpc) is 3.53. The summed E-state index contributed by atoms with van der Waals surface area (Å²) >= 11 is 0. The van der Waals surface area contributed by atoms with Gasteiger partial charge in [0.25, 0.3) is 0 Å². The third-order valence-electron chi connectivity index (χ3n) is 6.92. The number of piperidine rings is 1. The molecular formula is C21H27N7O2S. The van der Waals surface area contributed by atoms with Gasteiger partial charge < -0.3 is 10.2 Å². The van der Waals surface area contributed by atoms with Gasteiger partial charge in [0.2, 0.25) is 16.0 Å². The van der Waals surface area contributed by atoms with Crippen LogP contribution in [0.3, 0.4) is 0 Å². The van der Waals surface area contributed by atoms with Crippen LogP contribution in [0.1, 0.15) is 32.1 Å². The lowest BCUT2D eigenvalue weighted by Crippen LogP contribution is -2.42. The standard InChI is InChI=1S/C21H27N7O2S/c1-31(29,30)28-9-5-17(6-10-28)25-20-24-12-15-4-8-23-19(18(15)26-20)27-11-7-21(13-22,14-27)16-2-3-16/h4,8,12,16-17H,2-3,5-7,9-11,14H2,1H3,(H,24,25,26). The van der Waals surface area contributed by atoms with Crippen molar-refractivity contribution >= 4 is 32.7 Å². The molecule has 0 radical (unpaired) electrons. The van der Waals surface area contributed by atoms with Crippen LogP contribution >= 0.6 is 0 Å². The highest BCUT2D eigenvalue weighted by molar-refractivity contribution is 7.88. The van der Waals surface area contributed by atoms with Crippen LogP contribution in [-0.4, -0.2) is 66.2 Å². The second kappa shape index (κ2) is 7.57. The summed E-state index contributed by atoms with van der Waals surface area (Å²) in [5.74, 6) is 1.86. The molecule has 1 aliphatic carbocycles. The van der Waals surface area contributed by atoms with E-state index in [2.05, 4.69) is 26.3 Å². The van der Waals surface area contributed by atoms with E-state index in [0.29, 0.717) is 44.3 Å². The predicted octanol–water partition coefficient (Wildman–Crippen LogP) is 1.99. The van der Waals surface area contributed by atoms with Crippen molar-refractivity contribution in [1.29, 1.82) is 5.26 Å². The Kier molecular flexibility index (Phi) is 4.98. The molecule has 1 N–H and O–H groups in total. The number of hydrogen-bond donors (Lipinski definition) is 1. The lowest BCUT2D eigenvalue weighted by atomic mass is 9.83. The Morgan fingerprint density at radius 3 is 2.65 bits per heavy atom. The Bertz CT molecular complexity index is 1140. The maximum absolute atomic E-state index is 11.7. The number of nitriles is 1. The smallest absolute Gasteiger partial charge is 0.223 e. The third-order valence-corrected chi connectivity index (χ3v) is 8.22. The molecule has 2 aromatic rings. The van der Waals surface area contributed by atoms with E-state index < -0.39 is 10.0 Å². The van der Waals surface area contributed by atoms with Gasteiger partial charge in [0, 0.05) is 50.0 Å². The van der Waals surface area contributed by atoms with Crippen molar-refractivity contribution < 1.29 is 8.42 Å². The van der Waals surface area contributed by atoms with E-state index in [1.165, 1.54) is 10.6 Å². The molecule has 4 heterocycles. The maximum Gasteiger partial charge on any atom is 0.223 e. The number of aromatic nitrogens is 3. The van der Waals surface area contributed by atoms with Crippen LogP contribution in [-0.2, 0) is 10.0 Å². The summed E-state index contributed by atoms with van der Waals surface area (Å²) in [7, 11) is -3.14. The first kappa shape index (κ1) is 20.4. The normalized spacial score (nSPS) is 25.6. The quantitative estimate of drug-likeness (QED) is 0.749. The van der Waals surface area contributed by atoms with Crippen molar-refractivity contribution in [2.45, 2.75) is 38.1 Å². The zero-order chi connectivity index (χ0) is 21.6. The highest BCUT2D eigenvalue weighted by Crippen LogP contribution is 2.51. The Hall–Kier alpha value is -2.51. The zero-order valence-corrected chi connectivity index (χ0v) is 18.5. The molecule has 2 saturated heterocycles. The molecule has 1 unspecified atom stereocenters. The second-order valence-corrected chi connectivity index (χ2v) is 11.0. The van der Waals surface area contributed by atoms with Crippen molar-refractivity contribution in [2.75, 3.05) is 42.7 Å². The van der Waals surface area contributed by atoms with Crippen molar-refractivity contribution in [3.63, 3.8) is 0 Å². The molecule has 1 atom stereocenters. The number of rotatable bonds is 5. The molecule has 3 aliphatic rings. The summed E-state index contributed by atoms with van der Waals surface area (Å²) < 4.78 is 25.0. The van der Waals surface area contributed by atoms with Crippen molar-refractivity contribution in [3.05, 3.63) is 18.5 Å². The molecule has 2 aromatic heterocycles. The Labute approximate surface area is 182 Å². The summed E-state index contributed by atoms with van der Waals surface area (Å²) in [5.41, 5.74) is 0.532. The molecule has 0 amide bonds. The minimum atomic E-state index is -3.14. The molecular weight excluding hydrogens is 414 g/mol. The fourth-order valence-corrected chi connectivity index (χ4v) is 5.80. The Morgan fingerprint density at radius 2 is 1.97 bits per heavy atom. The SMILES string of the molecule is CS(=O)(=O)N1CCC(Nc2ncc3ccnc(N4CCC(C#N)(C5CC5)C4)c3n2)CC1. The predicted molar refractivity (Wildman–Crippen MR) is 118 cm³/mol. The first-order valence-corrected chi connectivity index (χ1v) is 12.7. The topological polar surface area (TPSA) is 115 Å². The van der Waals surface area contributed by atoms with Crippen molar-refractivity contribution in [2.24, 2.45) is 11.3 Å². The van der Waals surface area contributed by atoms with E-state index in [9.17, 15) is 13.7 Å². The van der Waals surface area contributed by atoms with Crippen molar-refractivity contribution in [3.8, 4) is 6.07 Å². The van der Waals surface area contributed by atoms with Gasteiger partial charge >= 0.3 is 0 Å². The van der Waals surface area contributed by atoms with E-state index in [1.54, 1.807) is 12.4 Å². The van der Waals surface area contributed by atoms with Gasteiger partial charge in [0.15, 0.2) is 5.82 Å². The largest absolute Gasteiger partial charge is 0.353 e. The molecule has 3 fully saturated rings. The average molecular weight is 442 g/mol. The molecule has 164 valence electrons. The van der Waals surface area contributed by atoms with Gasteiger partial charge in [-0.15, -0.1) is 0 Å². The van der Waals surface area contributed by atoms with E-state index in [4.69, 9.17) is 4.98 Å². The number of sulfonamides is 1. The number of hydrogen-bond acceptors (Lipinski definition) is 8. The van der Waals surface area contributed by atoms with E-state index in [1.807, 2.05) is 6.07 Å². The number of nitrogens with one attached hydrogen (secondary N) is 1. The van der Waals surface area contributed by atoms with Gasteiger partial charge in [0.1, 0.15) is 5.52 Å². The molecule has 1 saturated carbocycles. The second-order valence-electron chi connectivity index (χ2n) is 9.06. The van der Waals surface area contributed by atoms with Gasteiger partial charge in [-0.1, -0.05) is 0 Å². The molecule has 31 heavy (non-hydrogen) atoms. The monoisotopic (exact) mass is 441 g/mol. The van der Waals surface area contributed by atoms with E-state index >= 15 is 0 Å². The number of fused-ring (bicyclic) bond motifs is 1. The summed E-state index contributed by atoms with van der Waals surface area (Å²) in [5, 5.41) is 14.1. The van der Waals surface area contributed by atoms with E-state index in [0.717, 1.165) is 42.5 Å². The molecule has 0 aromatic carbocycles. The first-order valence-electron chi connectivity index (χ1n) is 10.9. The zero-order valence-electron chi connectivity index (χ0n) is 17.7. The Morgan fingerprint density at radius 1 is 1.19 bits per heavy atom. The van der Waals surface area contributed by atoms with Crippen LogP contribution in [0.4, 0.5) is 11.8 Å². The number of anilines is 2. The van der Waals surface area contributed by atoms with Crippen LogP contribution < -0.4 is 10.2 Å². The summed E-state index contributed by atoms with van der Waals surface area (Å²) in [6, 6.07) is 4.64. The summed E-state index contributed by atoms with van der Waals surface area (Å²) in [6.45, 7) is 2.52. The number of pyridine rings is 1. The van der Waals surface area contributed by atoms with Crippen LogP contribution in [0.2, 0.25) is 0 Å². The summed E-state index contributed by atoms with van der Waals surface area (Å²) in [6.07, 6.45) is 9.44. The fraction of sp³-hybridized carbons (Fsp3) is 0.619. The highest BCUT2D eigenvalue weighted by atomic mass is 32.2. The lowest BCUT2D eigenvalue weighted by molar-refractivity contribution is 0.331. The van der Waals surface area contributed by atoms with Crippen LogP contribution in [0.5, 0.6) is 0 Å². The molecule has 10 heteroatoms. The van der Waals surface area contributed by atoms with Crippen LogP contribution in [0, 0.1) is 22.7 Å². The number of nitrogens with zero attached hydrogens (tertiary/aromatic N) is 6. The van der Waals surface area contributed by atoms with Crippen LogP contribution in [0.25, 0.3) is 10.9 Å². The van der Waals surface area contributed by atoms with Gasteiger partial charge in [-0.3, -0.25) is 0 Å². The van der Waals surface area contributed by atoms with Crippen LogP contribution in [0.15, 0.2) is 18.5 Å². The molecule has 9 nitrogen and oxygen atoms in total. The third kappa shape index (κ3) is 3.92.